The number of hydrogen-bond donors (Lipinski definition) is 1. The predicted molar refractivity (Wildman–Crippen MR) is 80.1 cm³/mol. The van der Waals surface area contributed by atoms with Crippen molar-refractivity contribution in [1.82, 2.24) is 5.32 Å². The quantitative estimate of drug-likeness (QED) is 0.590. The third-order valence-corrected chi connectivity index (χ3v) is 3.70. The Morgan fingerprint density at radius 1 is 1.37 bits per heavy atom. The Morgan fingerprint density at radius 2 is 2.21 bits per heavy atom. The molecule has 0 fully saturated rings. The average molecular weight is 259 g/mol. The number of nitrogens with one attached hydrogen (secondary N) is 1. The molecule has 104 valence electrons. The predicted octanol–water partition coefficient (Wildman–Crippen LogP) is 3.98. The molecule has 19 heavy (non-hydrogen) atoms. The van der Waals surface area contributed by atoms with E-state index in [-0.39, 0.29) is 0 Å². The number of rotatable bonds is 7. The SMILES string of the molecule is C=C(CC1NCCc2ccccc21)OCCCCC. The fourth-order valence-electron chi connectivity index (χ4n) is 2.63. The molecule has 1 unspecified atom stereocenters. The first-order valence-electron chi connectivity index (χ1n) is 7.43. The number of fused-ring (bicyclic) bond motifs is 1. The molecule has 2 heteroatoms. The van der Waals surface area contributed by atoms with Crippen LogP contribution in [0.4, 0.5) is 0 Å². The summed E-state index contributed by atoms with van der Waals surface area (Å²) in [6, 6.07) is 9.05. The van der Waals surface area contributed by atoms with Crippen LogP contribution in [0, 0.1) is 0 Å². The molecule has 2 nitrogen and oxygen atoms in total. The van der Waals surface area contributed by atoms with Gasteiger partial charge in [0.05, 0.1) is 12.4 Å². The van der Waals surface area contributed by atoms with E-state index >= 15 is 0 Å². The highest BCUT2D eigenvalue weighted by molar-refractivity contribution is 5.32. The lowest BCUT2D eigenvalue weighted by Crippen LogP contribution is -2.30. The fraction of sp³-hybridized carbons (Fsp3) is 0.529. The molecule has 0 saturated heterocycles. The van der Waals surface area contributed by atoms with Gasteiger partial charge in [-0.3, -0.25) is 0 Å². The Hall–Kier alpha value is -1.28. The van der Waals surface area contributed by atoms with Crippen LogP contribution < -0.4 is 5.32 Å². The molecule has 1 N–H and O–H groups in total. The van der Waals surface area contributed by atoms with Crippen molar-refractivity contribution in [3.63, 3.8) is 0 Å². The van der Waals surface area contributed by atoms with Gasteiger partial charge in [0.1, 0.15) is 0 Å². The smallest absolute Gasteiger partial charge is 0.0907 e. The molecule has 0 radical (unpaired) electrons. The molecule has 0 saturated carbocycles. The van der Waals surface area contributed by atoms with Crippen LogP contribution in [0.2, 0.25) is 0 Å². The topological polar surface area (TPSA) is 21.3 Å². The molecule has 0 aromatic heterocycles. The summed E-state index contributed by atoms with van der Waals surface area (Å²) >= 11 is 0. The molecular formula is C17H25NO. The van der Waals surface area contributed by atoms with Crippen molar-refractivity contribution in [1.29, 1.82) is 0 Å². The van der Waals surface area contributed by atoms with Gasteiger partial charge in [0.25, 0.3) is 0 Å². The van der Waals surface area contributed by atoms with E-state index in [9.17, 15) is 0 Å². The molecule has 1 heterocycles. The molecular weight excluding hydrogens is 234 g/mol. The highest BCUT2D eigenvalue weighted by atomic mass is 16.5. The van der Waals surface area contributed by atoms with Gasteiger partial charge in [0, 0.05) is 12.5 Å². The largest absolute Gasteiger partial charge is 0.498 e. The molecule has 1 aliphatic rings. The Balaban J connectivity index is 1.85. The van der Waals surface area contributed by atoms with Crippen molar-refractivity contribution in [2.24, 2.45) is 0 Å². The van der Waals surface area contributed by atoms with Crippen molar-refractivity contribution in [2.45, 2.75) is 45.1 Å². The van der Waals surface area contributed by atoms with Gasteiger partial charge in [-0.2, -0.15) is 0 Å². The van der Waals surface area contributed by atoms with Gasteiger partial charge >= 0.3 is 0 Å². The van der Waals surface area contributed by atoms with Gasteiger partial charge in [0.2, 0.25) is 0 Å². The van der Waals surface area contributed by atoms with Crippen LogP contribution in [0.25, 0.3) is 0 Å². The molecule has 2 rings (SSSR count). The molecule has 1 atom stereocenters. The zero-order valence-corrected chi connectivity index (χ0v) is 12.0. The van der Waals surface area contributed by atoms with Crippen LogP contribution >= 0.6 is 0 Å². The highest BCUT2D eigenvalue weighted by Crippen LogP contribution is 2.27. The molecule has 0 bridgehead atoms. The Morgan fingerprint density at radius 3 is 3.05 bits per heavy atom. The van der Waals surface area contributed by atoms with Gasteiger partial charge in [-0.05, 0) is 30.5 Å². The van der Waals surface area contributed by atoms with Crippen molar-refractivity contribution in [2.75, 3.05) is 13.2 Å². The van der Waals surface area contributed by atoms with Gasteiger partial charge in [0.15, 0.2) is 0 Å². The van der Waals surface area contributed by atoms with Crippen molar-refractivity contribution >= 4 is 0 Å². The second-order valence-electron chi connectivity index (χ2n) is 5.25. The zero-order valence-electron chi connectivity index (χ0n) is 12.0. The monoisotopic (exact) mass is 259 g/mol. The van der Waals surface area contributed by atoms with E-state index in [1.165, 1.54) is 24.0 Å². The van der Waals surface area contributed by atoms with Crippen LogP contribution in [-0.2, 0) is 11.2 Å². The summed E-state index contributed by atoms with van der Waals surface area (Å²) in [4.78, 5) is 0. The van der Waals surface area contributed by atoms with Crippen molar-refractivity contribution < 1.29 is 4.74 Å². The molecule has 0 aliphatic carbocycles. The van der Waals surface area contributed by atoms with Crippen LogP contribution in [-0.4, -0.2) is 13.2 Å². The molecule has 0 spiro atoms. The van der Waals surface area contributed by atoms with E-state index in [1.54, 1.807) is 0 Å². The van der Waals surface area contributed by atoms with Crippen LogP contribution in [0.5, 0.6) is 0 Å². The third-order valence-electron chi connectivity index (χ3n) is 3.70. The molecule has 1 aromatic rings. The van der Waals surface area contributed by atoms with Crippen molar-refractivity contribution in [3.05, 3.63) is 47.7 Å². The zero-order chi connectivity index (χ0) is 13.5. The van der Waals surface area contributed by atoms with Crippen LogP contribution in [0.15, 0.2) is 36.6 Å². The van der Waals surface area contributed by atoms with Gasteiger partial charge < -0.3 is 10.1 Å². The summed E-state index contributed by atoms with van der Waals surface area (Å²) in [5, 5.41) is 3.57. The third kappa shape index (κ3) is 4.10. The Labute approximate surface area is 116 Å². The summed E-state index contributed by atoms with van der Waals surface area (Å²) in [6.45, 7) is 8.12. The number of hydrogen-bond acceptors (Lipinski definition) is 2. The van der Waals surface area contributed by atoms with E-state index in [2.05, 4.69) is 43.1 Å². The maximum atomic E-state index is 5.73. The second kappa shape index (κ2) is 7.34. The lowest BCUT2D eigenvalue weighted by Gasteiger charge is -2.27. The van der Waals surface area contributed by atoms with E-state index < -0.39 is 0 Å². The number of ether oxygens (including phenoxy) is 1. The fourth-order valence-corrected chi connectivity index (χ4v) is 2.63. The minimum Gasteiger partial charge on any atom is -0.498 e. The summed E-state index contributed by atoms with van der Waals surface area (Å²) in [5.74, 6) is 0.908. The van der Waals surface area contributed by atoms with Gasteiger partial charge in [-0.25, -0.2) is 0 Å². The Bertz CT molecular complexity index is 413. The Kier molecular flexibility index (Phi) is 5.46. The van der Waals surface area contributed by atoms with E-state index in [1.807, 2.05) is 0 Å². The lowest BCUT2D eigenvalue weighted by atomic mass is 9.92. The first-order valence-corrected chi connectivity index (χ1v) is 7.43. The van der Waals surface area contributed by atoms with Crippen molar-refractivity contribution in [3.8, 4) is 0 Å². The second-order valence-corrected chi connectivity index (χ2v) is 5.25. The van der Waals surface area contributed by atoms with Gasteiger partial charge in [-0.15, -0.1) is 0 Å². The minimum atomic E-state index is 0.364. The molecule has 1 aliphatic heterocycles. The van der Waals surface area contributed by atoms with E-state index in [4.69, 9.17) is 4.74 Å². The summed E-state index contributed by atoms with van der Waals surface area (Å²) in [6.07, 6.45) is 5.59. The standard InChI is InChI=1S/C17H25NO/c1-3-4-7-12-19-14(2)13-17-16-9-6-5-8-15(16)10-11-18-17/h5-6,8-9,17-18H,2-4,7,10-13H2,1H3. The van der Waals surface area contributed by atoms with Crippen LogP contribution in [0.3, 0.4) is 0 Å². The first kappa shape index (κ1) is 14.1. The maximum absolute atomic E-state index is 5.73. The first-order chi connectivity index (χ1) is 9.31. The number of benzene rings is 1. The normalized spacial score (nSPS) is 17.8. The number of unbranched alkanes of at least 4 members (excludes halogenated alkanes) is 2. The summed E-state index contributed by atoms with van der Waals surface area (Å²) < 4.78 is 5.73. The molecule has 0 amide bonds. The lowest BCUT2D eigenvalue weighted by molar-refractivity contribution is 0.190. The highest BCUT2D eigenvalue weighted by Gasteiger charge is 2.19. The minimum absolute atomic E-state index is 0.364. The summed E-state index contributed by atoms with van der Waals surface area (Å²) in [5.41, 5.74) is 2.87. The summed E-state index contributed by atoms with van der Waals surface area (Å²) in [7, 11) is 0. The van der Waals surface area contributed by atoms with Crippen LogP contribution in [0.1, 0.15) is 49.8 Å². The maximum Gasteiger partial charge on any atom is 0.0907 e. The van der Waals surface area contributed by atoms with Gasteiger partial charge in [-0.1, -0.05) is 50.6 Å². The van der Waals surface area contributed by atoms with E-state index in [0.29, 0.717) is 6.04 Å². The molecule has 1 aromatic carbocycles. The average Bonchev–Trinajstić information content (AvgIpc) is 2.44. The van der Waals surface area contributed by atoms with E-state index in [0.717, 1.165) is 38.2 Å².